The third kappa shape index (κ3) is 5.44. The van der Waals surface area contributed by atoms with Crippen molar-refractivity contribution in [3.8, 4) is 0 Å². The summed E-state index contributed by atoms with van der Waals surface area (Å²) in [5.41, 5.74) is 2.15. The van der Waals surface area contributed by atoms with Crippen molar-refractivity contribution in [3.63, 3.8) is 0 Å². The normalized spacial score (nSPS) is 12.3. The second-order valence-electron chi connectivity index (χ2n) is 6.78. The van der Waals surface area contributed by atoms with Crippen LogP contribution in [-0.2, 0) is 25.9 Å². The van der Waals surface area contributed by atoms with E-state index in [0.29, 0.717) is 16.9 Å². The third-order valence-corrected chi connectivity index (χ3v) is 7.79. The molecule has 0 atom stereocenters. The number of esters is 1. The van der Waals surface area contributed by atoms with Crippen molar-refractivity contribution in [1.82, 2.24) is 4.57 Å². The fraction of sp³-hybridized carbons (Fsp3) is 0.286. The molecule has 0 radical (unpaired) electrons. The van der Waals surface area contributed by atoms with Crippen molar-refractivity contribution in [2.45, 2.75) is 18.4 Å². The highest BCUT2D eigenvalue weighted by Crippen LogP contribution is 2.20. The monoisotopic (exact) mass is 478 g/mol. The zero-order valence-electron chi connectivity index (χ0n) is 17.3. The van der Waals surface area contributed by atoms with Crippen molar-refractivity contribution in [2.24, 2.45) is 4.99 Å². The van der Waals surface area contributed by atoms with E-state index in [9.17, 15) is 18.0 Å². The molecule has 0 N–H and O–H groups in total. The average Bonchev–Trinajstić information content (AvgIpc) is 3.07. The van der Waals surface area contributed by atoms with Crippen LogP contribution in [0.4, 0.5) is 0 Å². The molecule has 1 amide bonds. The summed E-state index contributed by atoms with van der Waals surface area (Å²) in [4.78, 5) is 29.0. The maximum absolute atomic E-state index is 12.6. The zero-order valence-corrected chi connectivity index (χ0v) is 19.8. The summed E-state index contributed by atoms with van der Waals surface area (Å²) in [7, 11) is -2.48. The highest BCUT2D eigenvalue weighted by atomic mass is 32.2. The van der Waals surface area contributed by atoms with Gasteiger partial charge in [0, 0.05) is 12.3 Å². The van der Waals surface area contributed by atoms with Gasteiger partial charge in [-0.05, 0) is 43.5 Å². The van der Waals surface area contributed by atoms with Crippen molar-refractivity contribution < 1.29 is 22.7 Å². The van der Waals surface area contributed by atoms with Crippen LogP contribution < -0.4 is 4.80 Å². The first kappa shape index (κ1) is 23.2. The number of fused-ring (bicyclic) bond motifs is 1. The van der Waals surface area contributed by atoms with Gasteiger partial charge in [-0.2, -0.15) is 16.8 Å². The summed E-state index contributed by atoms with van der Waals surface area (Å²) < 4.78 is 32.6. The second kappa shape index (κ2) is 9.80. The summed E-state index contributed by atoms with van der Waals surface area (Å²) >= 11 is 2.88. The number of thiazole rings is 1. The molecule has 0 saturated heterocycles. The van der Waals surface area contributed by atoms with Gasteiger partial charge in [0.2, 0.25) is 0 Å². The van der Waals surface area contributed by atoms with Crippen molar-refractivity contribution in [2.75, 3.05) is 24.9 Å². The first-order valence-corrected chi connectivity index (χ1v) is 13.2. The highest BCUT2D eigenvalue weighted by molar-refractivity contribution is 7.98. The lowest BCUT2D eigenvalue weighted by atomic mass is 10.2. The smallest absolute Gasteiger partial charge is 0.337 e. The molecule has 0 fully saturated rings. The number of nitrogens with zero attached hydrogens (tertiary/aromatic N) is 2. The van der Waals surface area contributed by atoms with Crippen LogP contribution in [0.2, 0.25) is 0 Å². The zero-order chi connectivity index (χ0) is 22.6. The molecule has 1 heterocycles. The molecule has 7 nitrogen and oxygen atoms in total. The van der Waals surface area contributed by atoms with E-state index in [1.54, 1.807) is 42.1 Å². The predicted molar refractivity (Wildman–Crippen MR) is 123 cm³/mol. The van der Waals surface area contributed by atoms with E-state index in [4.69, 9.17) is 4.74 Å². The molecule has 3 rings (SSSR count). The number of carbonyl (C=O) groups is 2. The van der Waals surface area contributed by atoms with Crippen LogP contribution in [-0.4, -0.2) is 49.7 Å². The number of aryl methyl sites for hydroxylation is 2. The third-order valence-electron chi connectivity index (χ3n) is 4.54. The molecular weight excluding hydrogens is 456 g/mol. The minimum atomic E-state index is -3.79. The van der Waals surface area contributed by atoms with Gasteiger partial charge < -0.3 is 9.30 Å². The first-order chi connectivity index (χ1) is 14.7. The van der Waals surface area contributed by atoms with E-state index in [2.05, 4.69) is 4.99 Å². The van der Waals surface area contributed by atoms with Crippen molar-refractivity contribution >= 4 is 55.0 Å². The molecule has 0 bridgehead atoms. The number of methoxy groups -OCH3 is 1. The second-order valence-corrected chi connectivity index (χ2v) is 10.8. The quantitative estimate of drug-likeness (QED) is 0.485. The summed E-state index contributed by atoms with van der Waals surface area (Å²) in [5.74, 6) is -1.11. The van der Waals surface area contributed by atoms with Gasteiger partial charge in [0.15, 0.2) is 14.6 Å². The number of hydrogen-bond donors (Lipinski definition) is 0. The molecule has 0 saturated carbocycles. The van der Waals surface area contributed by atoms with Gasteiger partial charge in [0.1, 0.15) is 5.75 Å². The van der Waals surface area contributed by atoms with E-state index in [0.717, 1.165) is 21.5 Å². The Morgan fingerprint density at radius 2 is 1.87 bits per heavy atom. The van der Waals surface area contributed by atoms with Gasteiger partial charge in [-0.1, -0.05) is 29.0 Å². The van der Waals surface area contributed by atoms with E-state index in [1.807, 2.05) is 17.7 Å². The van der Waals surface area contributed by atoms with Crippen LogP contribution in [0.15, 0.2) is 52.4 Å². The number of sulfone groups is 1. The first-order valence-electron chi connectivity index (χ1n) is 9.33. The topological polar surface area (TPSA) is 94.8 Å². The van der Waals surface area contributed by atoms with Gasteiger partial charge >= 0.3 is 5.97 Å². The molecule has 0 aliphatic heterocycles. The van der Waals surface area contributed by atoms with Crippen molar-refractivity contribution in [1.29, 1.82) is 0 Å². The summed E-state index contributed by atoms with van der Waals surface area (Å²) in [6, 6.07) is 11.5. The Kier molecular flexibility index (Phi) is 7.34. The van der Waals surface area contributed by atoms with Gasteiger partial charge in [0.25, 0.3) is 5.91 Å². The van der Waals surface area contributed by atoms with Crippen LogP contribution in [0.25, 0.3) is 10.2 Å². The molecule has 10 heteroatoms. The number of benzene rings is 2. The number of carbonyl (C=O) groups excluding carboxylic acids is 2. The van der Waals surface area contributed by atoms with Crippen molar-refractivity contribution in [3.05, 3.63) is 58.4 Å². The van der Waals surface area contributed by atoms with E-state index in [1.165, 1.54) is 30.6 Å². The lowest BCUT2D eigenvalue weighted by Crippen LogP contribution is -2.21. The molecule has 2 aromatic carbocycles. The number of thioether (sulfide) groups is 1. The maximum Gasteiger partial charge on any atom is 0.337 e. The molecule has 0 spiro atoms. The molecule has 31 heavy (non-hydrogen) atoms. The number of rotatable bonds is 7. The van der Waals surface area contributed by atoms with E-state index < -0.39 is 27.5 Å². The minimum Gasteiger partial charge on any atom is -0.465 e. The molecular formula is C21H22N2O5S3. The predicted octanol–water partition coefficient (Wildman–Crippen LogP) is 3.06. The fourth-order valence-electron chi connectivity index (χ4n) is 2.93. The number of ether oxygens (including phenoxy) is 1. The number of amides is 1. The Morgan fingerprint density at radius 3 is 2.52 bits per heavy atom. The van der Waals surface area contributed by atoms with Gasteiger partial charge in [-0.25, -0.2) is 13.2 Å². The van der Waals surface area contributed by atoms with Gasteiger partial charge in [0.05, 0.1) is 27.8 Å². The van der Waals surface area contributed by atoms with Crippen LogP contribution in [0.5, 0.6) is 0 Å². The summed E-state index contributed by atoms with van der Waals surface area (Å²) in [5, 5.41) is 0. The van der Waals surface area contributed by atoms with Crippen LogP contribution in [0.1, 0.15) is 15.9 Å². The van der Waals surface area contributed by atoms with Crippen LogP contribution in [0, 0.1) is 6.92 Å². The standard InChI is InChI=1S/C21H22N2O5S3/c1-14-4-7-16(8-5-14)31(26,27)13-19(24)22-21-23(10-11-29-3)17-9-6-15(20(25)28-2)12-18(17)30-21/h4-9,12H,10-11,13H2,1-3H3. The largest absolute Gasteiger partial charge is 0.465 e. The maximum atomic E-state index is 12.6. The van der Waals surface area contributed by atoms with E-state index >= 15 is 0 Å². The van der Waals surface area contributed by atoms with Gasteiger partial charge in [-0.15, -0.1) is 0 Å². The van der Waals surface area contributed by atoms with Crippen LogP contribution >= 0.6 is 23.1 Å². The molecule has 1 aromatic heterocycles. The number of hydrogen-bond acceptors (Lipinski definition) is 7. The lowest BCUT2D eigenvalue weighted by Gasteiger charge is -2.05. The number of aromatic nitrogens is 1. The Balaban J connectivity index is 1.99. The minimum absolute atomic E-state index is 0.0935. The summed E-state index contributed by atoms with van der Waals surface area (Å²) in [6.45, 7) is 2.45. The van der Waals surface area contributed by atoms with Crippen LogP contribution in [0.3, 0.4) is 0 Å². The Labute approximate surface area is 188 Å². The molecule has 0 aliphatic carbocycles. The Bertz CT molecular complexity index is 1290. The SMILES string of the molecule is COC(=O)c1ccc2c(c1)sc(=NC(=O)CS(=O)(=O)c1ccc(C)cc1)n2CCSC. The molecule has 3 aromatic rings. The van der Waals surface area contributed by atoms with E-state index in [-0.39, 0.29) is 4.90 Å². The molecule has 0 unspecified atom stereocenters. The average molecular weight is 479 g/mol. The summed E-state index contributed by atoms with van der Waals surface area (Å²) in [6.07, 6.45) is 1.97. The molecule has 164 valence electrons. The Morgan fingerprint density at radius 1 is 1.16 bits per heavy atom. The van der Waals surface area contributed by atoms with Gasteiger partial charge in [-0.3, -0.25) is 4.79 Å². The fourth-order valence-corrected chi connectivity index (χ4v) is 5.52. The Hall–Kier alpha value is -2.43. The highest BCUT2D eigenvalue weighted by Gasteiger charge is 2.19. The molecule has 0 aliphatic rings. The lowest BCUT2D eigenvalue weighted by molar-refractivity contribution is -0.115.